The Morgan fingerprint density at radius 2 is 1.81 bits per heavy atom. The highest BCUT2D eigenvalue weighted by molar-refractivity contribution is 7.10. The Kier molecular flexibility index (Phi) is 8.55. The maximum Gasteiger partial charge on any atom is 0.416 e. The van der Waals surface area contributed by atoms with Crippen LogP contribution in [0.1, 0.15) is 39.2 Å². The molecule has 0 saturated carbocycles. The van der Waals surface area contributed by atoms with Gasteiger partial charge in [0.1, 0.15) is 17.5 Å². The molecule has 2 aliphatic heterocycles. The molecule has 0 aliphatic carbocycles. The molecule has 1 atom stereocenters. The maximum atomic E-state index is 13.9. The molecule has 3 amide bonds. The molecule has 12 heteroatoms. The molecule has 5 rings (SSSR count). The van der Waals surface area contributed by atoms with E-state index in [1.807, 2.05) is 17.5 Å². The van der Waals surface area contributed by atoms with Crippen molar-refractivity contribution >= 4 is 29.1 Å². The third-order valence-electron chi connectivity index (χ3n) is 7.64. The van der Waals surface area contributed by atoms with Gasteiger partial charge in [-0.05, 0) is 53.4 Å². The zero-order valence-electron chi connectivity index (χ0n) is 22.9. The highest BCUT2D eigenvalue weighted by atomic mass is 32.1. The molecule has 2 fully saturated rings. The number of likely N-dealkylation sites (tertiary alicyclic amines) is 1. The van der Waals surface area contributed by atoms with Crippen LogP contribution >= 0.6 is 11.3 Å². The lowest BCUT2D eigenvalue weighted by Crippen LogP contribution is -2.59. The summed E-state index contributed by atoms with van der Waals surface area (Å²) in [5.41, 5.74) is -1.33. The van der Waals surface area contributed by atoms with Crippen molar-refractivity contribution in [3.05, 3.63) is 87.6 Å². The lowest BCUT2D eigenvalue weighted by molar-refractivity contribution is -0.143. The Labute approximate surface area is 245 Å². The first-order valence-corrected chi connectivity index (χ1v) is 14.3. The first-order valence-electron chi connectivity index (χ1n) is 13.5. The number of halogens is 3. The van der Waals surface area contributed by atoms with Crippen LogP contribution in [0.25, 0.3) is 0 Å². The van der Waals surface area contributed by atoms with E-state index in [0.717, 1.165) is 17.0 Å². The minimum absolute atomic E-state index is 0.0197. The highest BCUT2D eigenvalue weighted by Gasteiger charge is 2.54. The summed E-state index contributed by atoms with van der Waals surface area (Å²) in [5, 5.41) is 4.60. The van der Waals surface area contributed by atoms with E-state index in [9.17, 15) is 27.6 Å². The monoisotopic (exact) mass is 601 g/mol. The molecule has 1 N–H and O–H groups in total. The molecule has 1 spiro atoms. The van der Waals surface area contributed by atoms with Crippen molar-refractivity contribution in [2.45, 2.75) is 43.8 Å². The number of alkyl halides is 3. The van der Waals surface area contributed by atoms with Crippen LogP contribution in [0.2, 0.25) is 0 Å². The lowest BCUT2D eigenvalue weighted by atomic mass is 9.96. The van der Waals surface area contributed by atoms with E-state index in [0.29, 0.717) is 43.7 Å². The minimum atomic E-state index is -4.51. The number of nitrogens with one attached hydrogen (secondary N) is 1. The highest BCUT2D eigenvalue weighted by Crippen LogP contribution is 2.39. The van der Waals surface area contributed by atoms with Gasteiger partial charge in [0.15, 0.2) is 0 Å². The number of hydrogen-bond acceptors (Lipinski definition) is 6. The lowest BCUT2D eigenvalue weighted by Gasteiger charge is -2.44. The Morgan fingerprint density at radius 3 is 2.45 bits per heavy atom. The first kappa shape index (κ1) is 29.6. The number of thiophene rings is 1. The molecule has 2 aromatic carbocycles. The van der Waals surface area contributed by atoms with E-state index < -0.39 is 35.3 Å². The number of amides is 3. The zero-order valence-corrected chi connectivity index (χ0v) is 23.7. The van der Waals surface area contributed by atoms with Crippen LogP contribution in [0.5, 0.6) is 5.75 Å². The number of carbonyl (C=O) groups is 3. The van der Waals surface area contributed by atoms with Gasteiger partial charge in [-0.25, -0.2) is 0 Å². The first-order chi connectivity index (χ1) is 20.1. The SMILES string of the molecule is COc1ccc(C(=O)N2C(C(=O)NCc3cccc(C(F)(F)F)c3)COC23CCN(C(=O)Cc2cccs2)CC3)cc1. The topological polar surface area (TPSA) is 88.2 Å². The normalized spacial score (nSPS) is 18.2. The van der Waals surface area contributed by atoms with Gasteiger partial charge in [-0.3, -0.25) is 19.3 Å². The zero-order chi connectivity index (χ0) is 29.9. The van der Waals surface area contributed by atoms with Crippen LogP contribution < -0.4 is 10.1 Å². The summed E-state index contributed by atoms with van der Waals surface area (Å²) in [6, 6.07) is 14.0. The Balaban J connectivity index is 1.34. The van der Waals surface area contributed by atoms with E-state index >= 15 is 0 Å². The Hall–Kier alpha value is -3.90. The Bertz CT molecular complexity index is 1420. The molecule has 2 saturated heterocycles. The van der Waals surface area contributed by atoms with Crippen LogP contribution in [0.3, 0.4) is 0 Å². The number of methoxy groups -OCH3 is 1. The second kappa shape index (κ2) is 12.1. The summed E-state index contributed by atoms with van der Waals surface area (Å²) in [7, 11) is 1.51. The molecular weight excluding hydrogens is 571 g/mol. The van der Waals surface area contributed by atoms with Crippen LogP contribution in [-0.2, 0) is 33.5 Å². The molecule has 42 heavy (non-hydrogen) atoms. The summed E-state index contributed by atoms with van der Waals surface area (Å²) in [5.74, 6) is -0.421. The van der Waals surface area contributed by atoms with Crippen molar-refractivity contribution < 1.29 is 37.0 Å². The molecule has 1 unspecified atom stereocenters. The molecule has 0 bridgehead atoms. The van der Waals surface area contributed by atoms with Gasteiger partial charge in [-0.2, -0.15) is 13.2 Å². The molecule has 8 nitrogen and oxygen atoms in total. The third-order valence-corrected chi connectivity index (χ3v) is 8.52. The van der Waals surface area contributed by atoms with Crippen molar-refractivity contribution in [2.75, 3.05) is 26.8 Å². The smallest absolute Gasteiger partial charge is 0.416 e. The molecule has 1 aromatic heterocycles. The Morgan fingerprint density at radius 1 is 1.07 bits per heavy atom. The fourth-order valence-electron chi connectivity index (χ4n) is 5.38. The molecule has 3 heterocycles. The van der Waals surface area contributed by atoms with Gasteiger partial charge in [0.25, 0.3) is 5.91 Å². The summed E-state index contributed by atoms with van der Waals surface area (Å²) in [6.45, 7) is 0.450. The fraction of sp³-hybridized carbons (Fsp3) is 0.367. The summed E-state index contributed by atoms with van der Waals surface area (Å²) < 4.78 is 50.9. The number of piperidine rings is 1. The van der Waals surface area contributed by atoms with Gasteiger partial charge in [-0.15, -0.1) is 11.3 Å². The van der Waals surface area contributed by atoms with E-state index in [1.165, 1.54) is 35.5 Å². The van der Waals surface area contributed by atoms with E-state index in [4.69, 9.17) is 9.47 Å². The molecule has 3 aromatic rings. The number of ether oxygens (including phenoxy) is 2. The number of carbonyl (C=O) groups excluding carboxylic acids is 3. The van der Waals surface area contributed by atoms with Crippen molar-refractivity contribution in [3.63, 3.8) is 0 Å². The number of nitrogens with zero attached hydrogens (tertiary/aromatic N) is 2. The molecule has 2 aliphatic rings. The van der Waals surface area contributed by atoms with Crippen LogP contribution in [-0.4, -0.2) is 66.1 Å². The summed E-state index contributed by atoms with van der Waals surface area (Å²) in [6.07, 6.45) is -3.60. The van der Waals surface area contributed by atoms with E-state index in [1.54, 1.807) is 29.2 Å². The largest absolute Gasteiger partial charge is 0.497 e. The van der Waals surface area contributed by atoms with Gasteiger partial charge in [-0.1, -0.05) is 18.2 Å². The second-order valence-corrected chi connectivity index (χ2v) is 11.3. The minimum Gasteiger partial charge on any atom is -0.497 e. The summed E-state index contributed by atoms with van der Waals surface area (Å²) in [4.78, 5) is 44.4. The van der Waals surface area contributed by atoms with E-state index in [-0.39, 0.29) is 24.6 Å². The number of hydrogen-bond donors (Lipinski definition) is 1. The third kappa shape index (κ3) is 6.29. The molecule has 222 valence electrons. The van der Waals surface area contributed by atoms with Gasteiger partial charge in [0.2, 0.25) is 11.8 Å². The predicted molar refractivity (Wildman–Crippen MR) is 149 cm³/mol. The standard InChI is InChI=1S/C30H30F3N3O5S/c1-40-23-9-7-21(8-10-23)28(39)36-25(27(38)34-18-20-4-2-5-22(16-20)30(31,32)33)19-41-29(36)11-13-35(14-12-29)26(37)17-24-6-3-15-42-24/h2-10,15-16,25H,11-14,17-19H2,1H3,(H,34,38). The predicted octanol–water partition coefficient (Wildman–Crippen LogP) is 4.49. The van der Waals surface area contributed by atoms with Crippen molar-refractivity contribution in [1.29, 1.82) is 0 Å². The van der Waals surface area contributed by atoms with Crippen molar-refractivity contribution in [2.24, 2.45) is 0 Å². The number of benzene rings is 2. The van der Waals surface area contributed by atoms with Crippen LogP contribution in [0, 0.1) is 0 Å². The quantitative estimate of drug-likeness (QED) is 0.431. The molecular formula is C30H30F3N3O5S. The number of rotatable bonds is 7. The van der Waals surface area contributed by atoms with Gasteiger partial charge in [0, 0.05) is 42.9 Å². The molecule has 0 radical (unpaired) electrons. The summed E-state index contributed by atoms with van der Waals surface area (Å²) >= 11 is 1.51. The van der Waals surface area contributed by atoms with E-state index in [2.05, 4.69) is 5.32 Å². The maximum absolute atomic E-state index is 13.9. The van der Waals surface area contributed by atoms with Crippen molar-refractivity contribution in [1.82, 2.24) is 15.1 Å². The van der Waals surface area contributed by atoms with Crippen LogP contribution in [0.4, 0.5) is 13.2 Å². The van der Waals surface area contributed by atoms with Crippen LogP contribution in [0.15, 0.2) is 66.0 Å². The van der Waals surface area contributed by atoms with Crippen molar-refractivity contribution in [3.8, 4) is 5.75 Å². The van der Waals surface area contributed by atoms with Gasteiger partial charge < -0.3 is 19.7 Å². The average Bonchev–Trinajstić information content (AvgIpc) is 3.64. The fourth-order valence-corrected chi connectivity index (χ4v) is 6.08. The second-order valence-electron chi connectivity index (χ2n) is 10.2. The van der Waals surface area contributed by atoms with Gasteiger partial charge in [0.05, 0.1) is 25.7 Å². The average molecular weight is 602 g/mol. The van der Waals surface area contributed by atoms with Gasteiger partial charge >= 0.3 is 6.18 Å².